The molecule has 2 aromatic heterocycles. The highest BCUT2D eigenvalue weighted by Crippen LogP contribution is 2.33. The minimum atomic E-state index is 0.0701. The fourth-order valence-corrected chi connectivity index (χ4v) is 3.58. The number of piperidine rings is 1. The average molecular weight is 297 g/mol. The first-order valence-electron chi connectivity index (χ1n) is 7.70. The van der Waals surface area contributed by atoms with Crippen LogP contribution in [0.15, 0.2) is 29.3 Å². The van der Waals surface area contributed by atoms with Gasteiger partial charge in [0.15, 0.2) is 0 Å². The van der Waals surface area contributed by atoms with Crippen LogP contribution in [0.4, 0.5) is 5.82 Å². The minimum absolute atomic E-state index is 0.0701. The highest BCUT2D eigenvalue weighted by Gasteiger charge is 2.31. The third-order valence-electron chi connectivity index (χ3n) is 4.65. The number of rotatable bonds is 2. The van der Waals surface area contributed by atoms with E-state index in [9.17, 15) is 4.79 Å². The molecule has 0 radical (unpaired) electrons. The lowest BCUT2D eigenvalue weighted by molar-refractivity contribution is 0.257. The molecule has 2 atom stereocenters. The standard InChI is InChI=1S/C16H19N5O/c1-17-15-8-19-7-13(20-15)11-3-14-12-2-10(5-18-6-12)9-21(14)16(22)4-11/h3-4,7-8,10,12,18H,2,5-6,9H2,1H3,(H,17,20)/t10-,12+/m0/s1. The molecule has 6 nitrogen and oxygen atoms in total. The van der Waals surface area contributed by atoms with Crippen LogP contribution in [0.3, 0.4) is 0 Å². The van der Waals surface area contributed by atoms with Crippen molar-refractivity contribution in [3.63, 3.8) is 0 Å². The van der Waals surface area contributed by atoms with Gasteiger partial charge in [0.05, 0.1) is 18.1 Å². The van der Waals surface area contributed by atoms with Gasteiger partial charge in [0.2, 0.25) is 0 Å². The third-order valence-corrected chi connectivity index (χ3v) is 4.65. The molecule has 4 rings (SSSR count). The van der Waals surface area contributed by atoms with Gasteiger partial charge in [0.25, 0.3) is 5.56 Å². The van der Waals surface area contributed by atoms with Gasteiger partial charge in [0, 0.05) is 43.4 Å². The Bertz CT molecular complexity index is 769. The van der Waals surface area contributed by atoms with Gasteiger partial charge in [-0.3, -0.25) is 9.78 Å². The fraction of sp³-hybridized carbons (Fsp3) is 0.438. The predicted octanol–water partition coefficient (Wildman–Crippen LogP) is 1.05. The molecule has 0 spiro atoms. The van der Waals surface area contributed by atoms with Crippen LogP contribution in [-0.2, 0) is 6.54 Å². The largest absolute Gasteiger partial charge is 0.372 e. The molecule has 0 amide bonds. The summed E-state index contributed by atoms with van der Waals surface area (Å²) in [5, 5.41) is 6.45. The fourth-order valence-electron chi connectivity index (χ4n) is 3.58. The first-order chi connectivity index (χ1) is 10.7. The lowest BCUT2D eigenvalue weighted by atomic mass is 9.83. The van der Waals surface area contributed by atoms with Crippen LogP contribution in [0.1, 0.15) is 18.0 Å². The predicted molar refractivity (Wildman–Crippen MR) is 85.0 cm³/mol. The van der Waals surface area contributed by atoms with E-state index >= 15 is 0 Å². The molecule has 2 N–H and O–H groups in total. The zero-order valence-corrected chi connectivity index (χ0v) is 12.5. The summed E-state index contributed by atoms with van der Waals surface area (Å²) in [6, 6.07) is 3.79. The molecular weight excluding hydrogens is 278 g/mol. The first kappa shape index (κ1) is 13.5. The number of nitrogens with one attached hydrogen (secondary N) is 2. The van der Waals surface area contributed by atoms with Crippen molar-refractivity contribution in [1.82, 2.24) is 19.9 Å². The van der Waals surface area contributed by atoms with Gasteiger partial charge < -0.3 is 15.2 Å². The van der Waals surface area contributed by atoms with E-state index in [2.05, 4.69) is 26.7 Å². The molecule has 0 aromatic carbocycles. The van der Waals surface area contributed by atoms with Gasteiger partial charge in [-0.15, -0.1) is 0 Å². The molecule has 1 saturated heterocycles. The quantitative estimate of drug-likeness (QED) is 0.867. The summed E-state index contributed by atoms with van der Waals surface area (Å²) in [4.78, 5) is 21.2. The van der Waals surface area contributed by atoms with Crippen LogP contribution in [0.2, 0.25) is 0 Å². The Labute approximate surface area is 128 Å². The highest BCUT2D eigenvalue weighted by atomic mass is 16.1. The van der Waals surface area contributed by atoms with E-state index in [0.29, 0.717) is 17.7 Å². The Kier molecular flexibility index (Phi) is 3.18. The first-order valence-corrected chi connectivity index (χ1v) is 7.70. The maximum Gasteiger partial charge on any atom is 0.251 e. The summed E-state index contributed by atoms with van der Waals surface area (Å²) in [7, 11) is 1.81. The number of hydrogen-bond acceptors (Lipinski definition) is 5. The molecule has 2 aliphatic rings. The Morgan fingerprint density at radius 2 is 2.23 bits per heavy atom. The molecular formula is C16H19N5O. The molecule has 2 bridgehead atoms. The molecule has 4 heterocycles. The zero-order valence-electron chi connectivity index (χ0n) is 12.5. The lowest BCUT2D eigenvalue weighted by Gasteiger charge is -2.37. The molecule has 0 unspecified atom stereocenters. The van der Waals surface area contributed by atoms with Crippen molar-refractivity contribution in [2.45, 2.75) is 18.9 Å². The highest BCUT2D eigenvalue weighted by molar-refractivity contribution is 5.60. The van der Waals surface area contributed by atoms with E-state index in [1.807, 2.05) is 11.6 Å². The Morgan fingerprint density at radius 3 is 3.09 bits per heavy atom. The Balaban J connectivity index is 1.82. The zero-order chi connectivity index (χ0) is 15.1. The van der Waals surface area contributed by atoms with Gasteiger partial charge in [-0.1, -0.05) is 0 Å². The number of pyridine rings is 1. The van der Waals surface area contributed by atoms with Crippen LogP contribution in [-0.4, -0.2) is 34.7 Å². The molecule has 0 aliphatic carbocycles. The smallest absolute Gasteiger partial charge is 0.251 e. The Hall–Kier alpha value is -2.21. The van der Waals surface area contributed by atoms with Crippen molar-refractivity contribution < 1.29 is 0 Å². The van der Waals surface area contributed by atoms with E-state index < -0.39 is 0 Å². The SMILES string of the molecule is CNc1cncc(-c2cc3n(c(=O)c2)C[C@@H]2CNC[C@H]3C2)n1. The molecule has 114 valence electrons. The van der Waals surface area contributed by atoms with E-state index in [-0.39, 0.29) is 5.56 Å². The van der Waals surface area contributed by atoms with Crippen molar-refractivity contribution in [1.29, 1.82) is 0 Å². The topological polar surface area (TPSA) is 71.8 Å². The van der Waals surface area contributed by atoms with Crippen molar-refractivity contribution in [2.75, 3.05) is 25.5 Å². The molecule has 6 heteroatoms. The van der Waals surface area contributed by atoms with Crippen LogP contribution in [0, 0.1) is 5.92 Å². The minimum Gasteiger partial charge on any atom is -0.372 e. The van der Waals surface area contributed by atoms with Crippen LogP contribution in [0.25, 0.3) is 11.3 Å². The monoisotopic (exact) mass is 297 g/mol. The van der Waals surface area contributed by atoms with Crippen molar-refractivity contribution in [3.8, 4) is 11.3 Å². The van der Waals surface area contributed by atoms with Crippen molar-refractivity contribution in [2.24, 2.45) is 5.92 Å². The summed E-state index contributed by atoms with van der Waals surface area (Å²) in [5.74, 6) is 1.69. The van der Waals surface area contributed by atoms with Crippen LogP contribution in [0.5, 0.6) is 0 Å². The van der Waals surface area contributed by atoms with Gasteiger partial charge >= 0.3 is 0 Å². The van der Waals surface area contributed by atoms with Gasteiger partial charge in [0.1, 0.15) is 5.82 Å². The van der Waals surface area contributed by atoms with Gasteiger partial charge in [-0.25, -0.2) is 4.98 Å². The second-order valence-corrected chi connectivity index (χ2v) is 6.11. The summed E-state index contributed by atoms with van der Waals surface area (Å²) in [5.41, 5.74) is 2.78. The second kappa shape index (κ2) is 5.21. The number of aromatic nitrogens is 3. The van der Waals surface area contributed by atoms with Crippen LogP contribution >= 0.6 is 0 Å². The molecule has 2 aromatic rings. The lowest BCUT2D eigenvalue weighted by Crippen LogP contribution is -2.44. The van der Waals surface area contributed by atoms with E-state index in [1.165, 1.54) is 0 Å². The normalized spacial score (nSPS) is 23.0. The Morgan fingerprint density at radius 1 is 1.32 bits per heavy atom. The average Bonchev–Trinajstić information content (AvgIpc) is 2.56. The summed E-state index contributed by atoms with van der Waals surface area (Å²) in [6.45, 7) is 2.78. The number of hydrogen-bond donors (Lipinski definition) is 2. The second-order valence-electron chi connectivity index (χ2n) is 6.11. The number of anilines is 1. The van der Waals surface area contributed by atoms with E-state index in [1.54, 1.807) is 18.5 Å². The van der Waals surface area contributed by atoms with Crippen molar-refractivity contribution >= 4 is 5.82 Å². The number of fused-ring (bicyclic) bond motifs is 4. The maximum absolute atomic E-state index is 12.5. The molecule has 2 aliphatic heterocycles. The number of nitrogens with zero attached hydrogens (tertiary/aromatic N) is 3. The summed E-state index contributed by atoms with van der Waals surface area (Å²) < 4.78 is 1.94. The van der Waals surface area contributed by atoms with Crippen LogP contribution < -0.4 is 16.2 Å². The summed E-state index contributed by atoms with van der Waals surface area (Å²) in [6.07, 6.45) is 4.54. The maximum atomic E-state index is 12.5. The molecule has 1 fully saturated rings. The van der Waals surface area contributed by atoms with E-state index in [4.69, 9.17) is 0 Å². The van der Waals surface area contributed by atoms with Gasteiger partial charge in [-0.2, -0.15) is 0 Å². The van der Waals surface area contributed by atoms with Crippen molar-refractivity contribution in [3.05, 3.63) is 40.6 Å². The van der Waals surface area contributed by atoms with Gasteiger partial charge in [-0.05, 0) is 24.9 Å². The molecule has 22 heavy (non-hydrogen) atoms. The molecule has 0 saturated carbocycles. The third kappa shape index (κ3) is 2.20. The summed E-state index contributed by atoms with van der Waals surface area (Å²) >= 11 is 0. The van der Waals surface area contributed by atoms with E-state index in [0.717, 1.165) is 43.0 Å².